The molecule has 0 spiro atoms. The number of hydrogen-bond acceptors (Lipinski definition) is 5. The van der Waals surface area contributed by atoms with Crippen molar-refractivity contribution in [2.24, 2.45) is 0 Å². The van der Waals surface area contributed by atoms with Crippen LogP contribution < -0.4 is 16.0 Å². The van der Waals surface area contributed by atoms with Crippen LogP contribution in [-0.2, 0) is 6.54 Å². The highest BCUT2D eigenvalue weighted by Crippen LogP contribution is 2.29. The normalized spacial score (nSPS) is 10.8. The van der Waals surface area contributed by atoms with Crippen molar-refractivity contribution >= 4 is 62.0 Å². The minimum absolute atomic E-state index is 0.272. The van der Waals surface area contributed by atoms with Gasteiger partial charge in [0.2, 0.25) is 0 Å². The third kappa shape index (κ3) is 5.63. The smallest absolute Gasteiger partial charge is 0.257 e. The monoisotopic (exact) mass is 526 g/mol. The maximum absolute atomic E-state index is 13.3. The van der Waals surface area contributed by atoms with Crippen molar-refractivity contribution in [1.29, 1.82) is 0 Å². The highest BCUT2D eigenvalue weighted by atomic mass is 35.5. The number of benzene rings is 3. The van der Waals surface area contributed by atoms with Gasteiger partial charge in [-0.1, -0.05) is 60.1 Å². The summed E-state index contributed by atoms with van der Waals surface area (Å²) in [7, 11) is 0. The van der Waals surface area contributed by atoms with Gasteiger partial charge in [-0.25, -0.2) is 4.98 Å². The van der Waals surface area contributed by atoms with E-state index in [1.165, 1.54) is 17.5 Å². The molecule has 0 aliphatic heterocycles. The van der Waals surface area contributed by atoms with Gasteiger partial charge < -0.3 is 16.0 Å². The van der Waals surface area contributed by atoms with Crippen LogP contribution in [0.2, 0.25) is 5.02 Å². The second-order valence-corrected chi connectivity index (χ2v) is 9.82. The minimum Gasteiger partial charge on any atom is -0.348 e. The zero-order valence-electron chi connectivity index (χ0n) is 19.9. The number of fused-ring (bicyclic) bond motifs is 1. The molecule has 5 rings (SSSR count). The lowest BCUT2D eigenvalue weighted by Crippen LogP contribution is -2.23. The largest absolute Gasteiger partial charge is 0.348 e. The first-order valence-electron chi connectivity index (χ1n) is 11.6. The highest BCUT2D eigenvalue weighted by Gasteiger charge is 2.17. The predicted octanol–water partition coefficient (Wildman–Crippen LogP) is 7.18. The predicted molar refractivity (Wildman–Crippen MR) is 151 cm³/mol. The number of thiophene rings is 1. The number of nitrogens with zero attached hydrogens (tertiary/aromatic N) is 1. The number of carbonyl (C=O) groups excluding carboxylic acids is 2. The van der Waals surface area contributed by atoms with Crippen molar-refractivity contribution in [2.75, 3.05) is 10.6 Å². The first kappa shape index (κ1) is 24.5. The van der Waals surface area contributed by atoms with Gasteiger partial charge in [0.1, 0.15) is 0 Å². The molecule has 2 heterocycles. The van der Waals surface area contributed by atoms with Gasteiger partial charge in [-0.15, -0.1) is 11.3 Å². The zero-order chi connectivity index (χ0) is 25.8. The van der Waals surface area contributed by atoms with Crippen LogP contribution in [0.4, 0.5) is 17.2 Å². The summed E-state index contributed by atoms with van der Waals surface area (Å²) in [4.78, 5) is 30.7. The van der Waals surface area contributed by atoms with Crippen molar-refractivity contribution in [2.45, 2.75) is 13.5 Å². The van der Waals surface area contributed by atoms with Gasteiger partial charge in [-0.3, -0.25) is 9.59 Å². The number of nitrogens with one attached hydrogen (secondary N) is 3. The van der Waals surface area contributed by atoms with Crippen molar-refractivity contribution in [1.82, 2.24) is 10.3 Å². The van der Waals surface area contributed by atoms with E-state index in [0.29, 0.717) is 34.2 Å². The van der Waals surface area contributed by atoms with Crippen LogP contribution in [0.25, 0.3) is 10.1 Å². The fourth-order valence-corrected chi connectivity index (χ4v) is 4.92. The van der Waals surface area contributed by atoms with Gasteiger partial charge in [0.15, 0.2) is 5.82 Å². The number of pyridine rings is 1. The summed E-state index contributed by atoms with van der Waals surface area (Å²) >= 11 is 7.46. The van der Waals surface area contributed by atoms with Gasteiger partial charge >= 0.3 is 0 Å². The molecule has 8 heteroatoms. The lowest BCUT2D eigenvalue weighted by Gasteiger charge is -2.15. The van der Waals surface area contributed by atoms with E-state index in [1.54, 1.807) is 18.2 Å². The van der Waals surface area contributed by atoms with Gasteiger partial charge in [0, 0.05) is 38.9 Å². The lowest BCUT2D eigenvalue weighted by molar-refractivity contribution is 0.0949. The molecule has 0 saturated carbocycles. The Balaban J connectivity index is 1.43. The van der Waals surface area contributed by atoms with Crippen LogP contribution in [0, 0.1) is 6.92 Å². The zero-order valence-corrected chi connectivity index (χ0v) is 21.5. The molecule has 0 aliphatic rings. The van der Waals surface area contributed by atoms with Gasteiger partial charge in [-0.05, 0) is 48.4 Å². The SMILES string of the molecule is Cc1ccccc1Nc1ncc(C(=O)NCc2ccc(Cl)cc2)cc1NC(=O)c1csc2ccccc12. The van der Waals surface area contributed by atoms with E-state index < -0.39 is 0 Å². The highest BCUT2D eigenvalue weighted by molar-refractivity contribution is 7.17. The molecule has 6 nitrogen and oxygen atoms in total. The molecule has 2 aromatic heterocycles. The van der Waals surface area contributed by atoms with Gasteiger partial charge in [0.25, 0.3) is 11.8 Å². The first-order chi connectivity index (χ1) is 18.0. The average molecular weight is 527 g/mol. The summed E-state index contributed by atoms with van der Waals surface area (Å²) in [6.07, 6.45) is 1.49. The average Bonchev–Trinajstić information content (AvgIpc) is 3.35. The van der Waals surface area contributed by atoms with E-state index in [4.69, 9.17) is 11.6 Å². The molecule has 3 aromatic carbocycles. The number of anilines is 3. The number of aryl methyl sites for hydroxylation is 1. The molecule has 0 saturated heterocycles. The second-order valence-electron chi connectivity index (χ2n) is 8.47. The van der Waals surface area contributed by atoms with E-state index in [2.05, 4.69) is 20.9 Å². The minimum atomic E-state index is -0.304. The summed E-state index contributed by atoms with van der Waals surface area (Å²) in [6, 6.07) is 24.4. The molecule has 184 valence electrons. The van der Waals surface area contributed by atoms with Crippen molar-refractivity contribution in [3.63, 3.8) is 0 Å². The maximum Gasteiger partial charge on any atom is 0.257 e. The first-order valence-corrected chi connectivity index (χ1v) is 12.9. The Labute approximate surface area is 223 Å². The van der Waals surface area contributed by atoms with Crippen LogP contribution in [-0.4, -0.2) is 16.8 Å². The molecule has 2 amide bonds. The summed E-state index contributed by atoms with van der Waals surface area (Å²) in [5, 5.41) is 12.5. The number of para-hydroxylation sites is 1. The molecule has 0 bridgehead atoms. The van der Waals surface area contributed by atoms with Crippen LogP contribution in [0.5, 0.6) is 0 Å². The molecule has 3 N–H and O–H groups in total. The standard InChI is InChI=1S/C29H23ClN4O2S/c1-18-6-2-4-8-24(18)33-27-25(34-29(36)23-17-37-26-9-5-3-7-22(23)26)14-20(16-31-27)28(35)32-15-19-10-12-21(30)13-11-19/h2-14,16-17H,15H2,1H3,(H,31,33)(H,32,35)(H,34,36). The number of amides is 2. The molecule has 0 fully saturated rings. The van der Waals surface area contributed by atoms with E-state index in [-0.39, 0.29) is 11.8 Å². The number of rotatable bonds is 7. The molecular formula is C29H23ClN4O2S. The van der Waals surface area contributed by atoms with Crippen LogP contribution >= 0.6 is 22.9 Å². The molecule has 0 radical (unpaired) electrons. The fraction of sp³-hybridized carbons (Fsp3) is 0.0690. The molecule has 37 heavy (non-hydrogen) atoms. The third-order valence-corrected chi connectivity index (χ3v) is 7.10. The molecule has 5 aromatic rings. The summed E-state index contributed by atoms with van der Waals surface area (Å²) in [5.74, 6) is -0.136. The Bertz CT molecular complexity index is 1600. The van der Waals surface area contributed by atoms with Crippen LogP contribution in [0.15, 0.2) is 90.4 Å². The molecule has 0 aliphatic carbocycles. The number of carbonyl (C=O) groups is 2. The number of hydrogen-bond donors (Lipinski definition) is 3. The maximum atomic E-state index is 13.3. The number of aromatic nitrogens is 1. The van der Waals surface area contributed by atoms with E-state index in [1.807, 2.05) is 73.0 Å². The fourth-order valence-electron chi connectivity index (χ4n) is 3.85. The molecule has 0 atom stereocenters. The summed E-state index contributed by atoms with van der Waals surface area (Å²) in [6.45, 7) is 2.32. The molecular weight excluding hydrogens is 504 g/mol. The Morgan fingerprint density at radius 1 is 0.919 bits per heavy atom. The Morgan fingerprint density at radius 2 is 1.68 bits per heavy atom. The van der Waals surface area contributed by atoms with E-state index in [9.17, 15) is 9.59 Å². The third-order valence-electron chi connectivity index (χ3n) is 5.89. The van der Waals surface area contributed by atoms with E-state index in [0.717, 1.165) is 26.9 Å². The molecule has 0 unspecified atom stereocenters. The second kappa shape index (κ2) is 10.8. The van der Waals surface area contributed by atoms with E-state index >= 15 is 0 Å². The Hall–Kier alpha value is -4.20. The van der Waals surface area contributed by atoms with Crippen LogP contribution in [0.3, 0.4) is 0 Å². The lowest BCUT2D eigenvalue weighted by atomic mass is 10.1. The Kier molecular flexibility index (Phi) is 7.16. The summed E-state index contributed by atoms with van der Waals surface area (Å²) < 4.78 is 1.03. The van der Waals surface area contributed by atoms with Crippen LogP contribution in [0.1, 0.15) is 31.8 Å². The van der Waals surface area contributed by atoms with Gasteiger partial charge in [0.05, 0.1) is 16.8 Å². The number of halogens is 1. The quantitative estimate of drug-likeness (QED) is 0.210. The summed E-state index contributed by atoms with van der Waals surface area (Å²) in [5.41, 5.74) is 4.10. The van der Waals surface area contributed by atoms with Crippen molar-refractivity contribution in [3.8, 4) is 0 Å². The van der Waals surface area contributed by atoms with Crippen molar-refractivity contribution in [3.05, 3.63) is 118 Å². The Morgan fingerprint density at radius 3 is 2.49 bits per heavy atom. The van der Waals surface area contributed by atoms with Gasteiger partial charge in [-0.2, -0.15) is 0 Å². The van der Waals surface area contributed by atoms with Crippen molar-refractivity contribution < 1.29 is 9.59 Å². The topological polar surface area (TPSA) is 83.1 Å².